The molecule has 1 N–H and O–H groups in total. The van der Waals surface area contributed by atoms with Crippen molar-refractivity contribution in [1.29, 1.82) is 0 Å². The topological polar surface area (TPSA) is 12.0 Å². The molecule has 2 saturated carbocycles. The summed E-state index contributed by atoms with van der Waals surface area (Å²) < 4.78 is 0. The third-order valence-electron chi connectivity index (χ3n) is 6.15. The van der Waals surface area contributed by atoms with Crippen LogP contribution in [0.1, 0.15) is 91.4 Å². The first-order chi connectivity index (χ1) is 10.2. The monoisotopic (exact) mass is 293 g/mol. The molecule has 21 heavy (non-hydrogen) atoms. The Bertz CT molecular complexity index is 265. The molecule has 0 saturated heterocycles. The SMILES string of the molecule is CCCC1CCC(CNC(C)C)C(C2CCCCCC2)C1. The quantitative estimate of drug-likeness (QED) is 0.611. The van der Waals surface area contributed by atoms with Gasteiger partial charge in [0.25, 0.3) is 0 Å². The predicted octanol–water partition coefficient (Wildman–Crippen LogP) is 5.79. The third kappa shape index (κ3) is 5.58. The van der Waals surface area contributed by atoms with Gasteiger partial charge in [-0.1, -0.05) is 78.6 Å². The molecule has 1 heteroatoms. The maximum Gasteiger partial charge on any atom is 0.00104 e. The average Bonchev–Trinajstić information content (AvgIpc) is 2.75. The molecule has 3 unspecified atom stereocenters. The second-order valence-corrected chi connectivity index (χ2v) is 8.21. The highest BCUT2D eigenvalue weighted by Crippen LogP contribution is 2.44. The molecular formula is C20H39N. The molecule has 0 aromatic heterocycles. The van der Waals surface area contributed by atoms with Crippen LogP contribution in [0.5, 0.6) is 0 Å². The lowest BCUT2D eigenvalue weighted by Gasteiger charge is -2.41. The zero-order chi connectivity index (χ0) is 15.1. The van der Waals surface area contributed by atoms with Gasteiger partial charge in [-0.3, -0.25) is 0 Å². The minimum absolute atomic E-state index is 0.646. The molecule has 3 atom stereocenters. The molecule has 0 heterocycles. The lowest BCUT2D eigenvalue weighted by molar-refractivity contribution is 0.103. The van der Waals surface area contributed by atoms with Crippen molar-refractivity contribution in [1.82, 2.24) is 5.32 Å². The lowest BCUT2D eigenvalue weighted by atomic mass is 9.66. The zero-order valence-electron chi connectivity index (χ0n) is 14.9. The molecule has 2 fully saturated rings. The molecule has 0 radical (unpaired) electrons. The maximum absolute atomic E-state index is 3.75. The fraction of sp³-hybridized carbons (Fsp3) is 1.00. The fourth-order valence-corrected chi connectivity index (χ4v) is 4.99. The van der Waals surface area contributed by atoms with E-state index in [-0.39, 0.29) is 0 Å². The van der Waals surface area contributed by atoms with Crippen molar-refractivity contribution < 1.29 is 0 Å². The molecule has 0 bridgehead atoms. The third-order valence-corrected chi connectivity index (χ3v) is 6.15. The van der Waals surface area contributed by atoms with Crippen LogP contribution < -0.4 is 5.32 Å². The summed E-state index contributed by atoms with van der Waals surface area (Å²) in [6, 6.07) is 0.646. The summed E-state index contributed by atoms with van der Waals surface area (Å²) in [5.74, 6) is 4.08. The summed E-state index contributed by atoms with van der Waals surface area (Å²) >= 11 is 0. The molecule has 0 spiro atoms. The van der Waals surface area contributed by atoms with E-state index in [4.69, 9.17) is 0 Å². The first-order valence-corrected chi connectivity index (χ1v) is 9.94. The van der Waals surface area contributed by atoms with E-state index in [0.29, 0.717) is 6.04 Å². The minimum atomic E-state index is 0.646. The minimum Gasteiger partial charge on any atom is -0.314 e. The van der Waals surface area contributed by atoms with Crippen molar-refractivity contribution in [2.24, 2.45) is 23.7 Å². The largest absolute Gasteiger partial charge is 0.314 e. The van der Waals surface area contributed by atoms with Crippen LogP contribution in [-0.2, 0) is 0 Å². The van der Waals surface area contributed by atoms with Gasteiger partial charge in [0.05, 0.1) is 0 Å². The highest BCUT2D eigenvalue weighted by atomic mass is 14.9. The first-order valence-electron chi connectivity index (χ1n) is 9.94. The van der Waals surface area contributed by atoms with Gasteiger partial charge in [-0.05, 0) is 43.1 Å². The van der Waals surface area contributed by atoms with E-state index in [2.05, 4.69) is 26.1 Å². The Kier molecular flexibility index (Phi) is 7.57. The Balaban J connectivity index is 1.96. The Hall–Kier alpha value is -0.0400. The molecule has 2 aliphatic carbocycles. The molecule has 2 aliphatic rings. The van der Waals surface area contributed by atoms with Crippen molar-refractivity contribution >= 4 is 0 Å². The lowest BCUT2D eigenvalue weighted by Crippen LogP contribution is -2.38. The number of hydrogen-bond donors (Lipinski definition) is 1. The smallest absolute Gasteiger partial charge is 0.00104 e. The Morgan fingerprint density at radius 2 is 1.67 bits per heavy atom. The second kappa shape index (κ2) is 9.18. The number of hydrogen-bond acceptors (Lipinski definition) is 1. The molecule has 0 aliphatic heterocycles. The van der Waals surface area contributed by atoms with E-state index in [1.807, 2.05) is 0 Å². The van der Waals surface area contributed by atoms with E-state index in [0.717, 1.165) is 23.7 Å². The molecular weight excluding hydrogens is 254 g/mol. The van der Waals surface area contributed by atoms with Gasteiger partial charge < -0.3 is 5.32 Å². The van der Waals surface area contributed by atoms with E-state index in [9.17, 15) is 0 Å². The second-order valence-electron chi connectivity index (χ2n) is 8.21. The van der Waals surface area contributed by atoms with Gasteiger partial charge in [0.2, 0.25) is 0 Å². The summed E-state index contributed by atoms with van der Waals surface area (Å²) in [5.41, 5.74) is 0. The van der Waals surface area contributed by atoms with Crippen LogP contribution in [0.25, 0.3) is 0 Å². The van der Waals surface area contributed by atoms with Crippen LogP contribution in [0.15, 0.2) is 0 Å². The standard InChI is InChI=1S/C20H39N/c1-4-9-17-12-13-19(15-21-16(2)3)20(14-17)18-10-7-5-6-8-11-18/h16-21H,4-15H2,1-3H3. The molecule has 124 valence electrons. The van der Waals surface area contributed by atoms with E-state index in [1.54, 1.807) is 6.42 Å². The molecule has 2 rings (SSSR count). The van der Waals surface area contributed by atoms with Crippen molar-refractivity contribution in [3.8, 4) is 0 Å². The van der Waals surface area contributed by atoms with Gasteiger partial charge in [-0.25, -0.2) is 0 Å². The Morgan fingerprint density at radius 3 is 2.29 bits per heavy atom. The fourth-order valence-electron chi connectivity index (χ4n) is 4.99. The van der Waals surface area contributed by atoms with Crippen molar-refractivity contribution in [2.45, 2.75) is 97.4 Å². The summed E-state index contributed by atoms with van der Waals surface area (Å²) in [6.45, 7) is 8.23. The van der Waals surface area contributed by atoms with Gasteiger partial charge in [0.15, 0.2) is 0 Å². The molecule has 1 nitrogen and oxygen atoms in total. The van der Waals surface area contributed by atoms with Crippen LogP contribution in [0.3, 0.4) is 0 Å². The average molecular weight is 294 g/mol. The van der Waals surface area contributed by atoms with E-state index < -0.39 is 0 Å². The summed E-state index contributed by atoms with van der Waals surface area (Å²) in [7, 11) is 0. The Labute approximate surface area is 133 Å². The number of rotatable bonds is 6. The normalized spacial score (nSPS) is 32.3. The first kappa shape index (κ1) is 17.3. The van der Waals surface area contributed by atoms with E-state index in [1.165, 1.54) is 70.8 Å². The van der Waals surface area contributed by atoms with Gasteiger partial charge in [-0.15, -0.1) is 0 Å². The van der Waals surface area contributed by atoms with Crippen LogP contribution in [0, 0.1) is 23.7 Å². The van der Waals surface area contributed by atoms with Crippen molar-refractivity contribution in [2.75, 3.05) is 6.54 Å². The van der Waals surface area contributed by atoms with Gasteiger partial charge in [-0.2, -0.15) is 0 Å². The molecule has 0 aromatic carbocycles. The highest BCUT2D eigenvalue weighted by molar-refractivity contribution is 4.86. The molecule has 0 aromatic rings. The number of nitrogens with one attached hydrogen (secondary N) is 1. The van der Waals surface area contributed by atoms with Crippen molar-refractivity contribution in [3.05, 3.63) is 0 Å². The predicted molar refractivity (Wildman–Crippen MR) is 93.6 cm³/mol. The van der Waals surface area contributed by atoms with Crippen LogP contribution in [0.4, 0.5) is 0 Å². The summed E-state index contributed by atoms with van der Waals surface area (Å²) in [4.78, 5) is 0. The zero-order valence-corrected chi connectivity index (χ0v) is 14.9. The van der Waals surface area contributed by atoms with Crippen LogP contribution >= 0.6 is 0 Å². The van der Waals surface area contributed by atoms with E-state index >= 15 is 0 Å². The summed E-state index contributed by atoms with van der Waals surface area (Å²) in [6.07, 6.45) is 16.5. The maximum atomic E-state index is 3.75. The van der Waals surface area contributed by atoms with Gasteiger partial charge in [0, 0.05) is 6.04 Å². The van der Waals surface area contributed by atoms with Crippen molar-refractivity contribution in [3.63, 3.8) is 0 Å². The summed E-state index contributed by atoms with van der Waals surface area (Å²) in [5, 5.41) is 3.75. The van der Waals surface area contributed by atoms with Crippen LogP contribution in [-0.4, -0.2) is 12.6 Å². The molecule has 0 amide bonds. The van der Waals surface area contributed by atoms with Crippen LogP contribution in [0.2, 0.25) is 0 Å². The van der Waals surface area contributed by atoms with Gasteiger partial charge in [0.1, 0.15) is 0 Å². The Morgan fingerprint density at radius 1 is 0.952 bits per heavy atom. The highest BCUT2D eigenvalue weighted by Gasteiger charge is 2.35. The van der Waals surface area contributed by atoms with Gasteiger partial charge >= 0.3 is 0 Å².